The van der Waals surface area contributed by atoms with Crippen LogP contribution in [0.2, 0.25) is 0 Å². The van der Waals surface area contributed by atoms with E-state index in [1.807, 2.05) is 0 Å². The highest BCUT2D eigenvalue weighted by Gasteiger charge is 2.07. The molecule has 1 heterocycles. The van der Waals surface area contributed by atoms with Crippen LogP contribution in [-0.4, -0.2) is 18.9 Å². The van der Waals surface area contributed by atoms with Crippen LogP contribution in [-0.2, 0) is 10.1 Å². The van der Waals surface area contributed by atoms with E-state index in [1.54, 1.807) is 0 Å². The maximum absolute atomic E-state index is 10.2. The zero-order valence-electron chi connectivity index (χ0n) is 5.51. The summed E-state index contributed by atoms with van der Waals surface area (Å²) >= 11 is 0. The van der Waals surface area contributed by atoms with E-state index in [4.69, 9.17) is 0 Å². The van der Waals surface area contributed by atoms with Gasteiger partial charge in [0.15, 0.2) is 15.9 Å². The highest BCUT2D eigenvalue weighted by atomic mass is 32.2. The number of furan rings is 1. The molecule has 0 N–H and O–H groups in total. The molecular formula is C5H2O6S-2. The lowest BCUT2D eigenvalue weighted by molar-refractivity contribution is -0.257. The Labute approximate surface area is 67.2 Å². The Balaban J connectivity index is 3.17. The second kappa shape index (κ2) is 2.61. The molecule has 0 saturated heterocycles. The molecule has 1 rings (SSSR count). The number of hydrogen-bond donors (Lipinski definition) is 0. The summed E-state index contributed by atoms with van der Waals surface area (Å²) in [6.45, 7) is 0. The predicted octanol–water partition coefficient (Wildman–Crippen LogP) is -1.45. The van der Waals surface area contributed by atoms with Gasteiger partial charge in [-0.05, 0) is 12.1 Å². The van der Waals surface area contributed by atoms with Gasteiger partial charge < -0.3 is 18.9 Å². The van der Waals surface area contributed by atoms with Crippen molar-refractivity contribution in [1.82, 2.24) is 0 Å². The number of carbonyl (C=O) groups excluding carboxylic acids is 1. The number of carbonyl (C=O) groups is 1. The number of aromatic carboxylic acids is 1. The molecule has 1 aromatic rings. The second-order valence-corrected chi connectivity index (χ2v) is 3.17. The van der Waals surface area contributed by atoms with Crippen LogP contribution in [0.15, 0.2) is 21.6 Å². The minimum atomic E-state index is -4.72. The molecule has 0 saturated carbocycles. The predicted molar refractivity (Wildman–Crippen MR) is 31.0 cm³/mol. The summed E-state index contributed by atoms with van der Waals surface area (Å²) in [6.07, 6.45) is 0. The average Bonchev–Trinajstić information content (AvgIpc) is 2.30. The first kappa shape index (κ1) is 8.75. The minimum Gasteiger partial charge on any atom is -0.742 e. The van der Waals surface area contributed by atoms with Gasteiger partial charge >= 0.3 is 0 Å². The van der Waals surface area contributed by atoms with E-state index >= 15 is 0 Å². The van der Waals surface area contributed by atoms with E-state index in [2.05, 4.69) is 4.42 Å². The van der Waals surface area contributed by atoms with Crippen molar-refractivity contribution >= 4 is 16.1 Å². The van der Waals surface area contributed by atoms with Crippen molar-refractivity contribution in [1.29, 1.82) is 0 Å². The molecule has 0 aromatic carbocycles. The van der Waals surface area contributed by atoms with Crippen LogP contribution in [0.3, 0.4) is 0 Å². The van der Waals surface area contributed by atoms with Crippen LogP contribution >= 0.6 is 0 Å². The smallest absolute Gasteiger partial charge is 0.206 e. The Morgan fingerprint density at radius 3 is 2.25 bits per heavy atom. The van der Waals surface area contributed by atoms with Crippen LogP contribution in [0.5, 0.6) is 0 Å². The molecule has 0 aliphatic carbocycles. The molecule has 0 radical (unpaired) electrons. The molecule has 66 valence electrons. The highest BCUT2D eigenvalue weighted by molar-refractivity contribution is 7.85. The zero-order chi connectivity index (χ0) is 9.35. The van der Waals surface area contributed by atoms with Gasteiger partial charge in [-0.1, -0.05) is 0 Å². The quantitative estimate of drug-likeness (QED) is 0.527. The topological polar surface area (TPSA) is 110 Å². The Hall–Kier alpha value is -1.34. The Bertz CT molecular complexity index is 399. The van der Waals surface area contributed by atoms with Crippen LogP contribution in [0.25, 0.3) is 0 Å². The SMILES string of the molecule is O=C([O-])c1ccc(S(=O)(=O)[O-])o1. The molecule has 7 heteroatoms. The molecule has 0 atom stereocenters. The van der Waals surface area contributed by atoms with Crippen LogP contribution in [0, 0.1) is 0 Å². The number of carboxylic acid groups (broad SMARTS) is 1. The normalized spacial score (nSPS) is 11.4. The van der Waals surface area contributed by atoms with Crippen molar-refractivity contribution in [3.05, 3.63) is 17.9 Å². The van der Waals surface area contributed by atoms with Gasteiger partial charge in [0.1, 0.15) is 5.97 Å². The Morgan fingerprint density at radius 1 is 1.42 bits per heavy atom. The molecule has 0 aliphatic rings. The van der Waals surface area contributed by atoms with Crippen molar-refractivity contribution in [2.24, 2.45) is 0 Å². The number of rotatable bonds is 2. The molecule has 0 spiro atoms. The molecule has 1 aromatic heterocycles. The van der Waals surface area contributed by atoms with E-state index in [0.717, 1.165) is 12.1 Å². The molecule has 0 amide bonds. The van der Waals surface area contributed by atoms with Crippen molar-refractivity contribution < 1.29 is 27.3 Å². The van der Waals surface area contributed by atoms with E-state index in [1.165, 1.54) is 0 Å². The molecule has 0 fully saturated rings. The third kappa shape index (κ3) is 1.63. The Morgan fingerprint density at radius 2 is 2.00 bits per heavy atom. The standard InChI is InChI=1S/C5H4O6S/c6-5(7)3-1-2-4(11-3)12(8,9)10/h1-2H,(H,6,7)(H,8,9,10)/p-2. The van der Waals surface area contributed by atoms with E-state index in [9.17, 15) is 22.9 Å². The fourth-order valence-electron chi connectivity index (χ4n) is 0.564. The van der Waals surface area contributed by atoms with E-state index in [0.29, 0.717) is 0 Å². The first-order chi connectivity index (χ1) is 5.41. The van der Waals surface area contributed by atoms with Gasteiger partial charge in [0, 0.05) is 0 Å². The van der Waals surface area contributed by atoms with Gasteiger partial charge in [0.2, 0.25) is 5.09 Å². The summed E-state index contributed by atoms with van der Waals surface area (Å²) in [4.78, 5) is 10.0. The average molecular weight is 190 g/mol. The van der Waals surface area contributed by atoms with Gasteiger partial charge in [-0.2, -0.15) is 0 Å². The summed E-state index contributed by atoms with van der Waals surface area (Å²) in [5.41, 5.74) is 0. The first-order valence-corrected chi connectivity index (χ1v) is 4.09. The monoisotopic (exact) mass is 190 g/mol. The minimum absolute atomic E-state index is 0.690. The maximum atomic E-state index is 10.2. The van der Waals surface area contributed by atoms with Crippen molar-refractivity contribution in [3.63, 3.8) is 0 Å². The molecule has 0 unspecified atom stereocenters. The van der Waals surface area contributed by atoms with Crippen molar-refractivity contribution in [3.8, 4) is 0 Å². The van der Waals surface area contributed by atoms with Crippen LogP contribution in [0.1, 0.15) is 10.6 Å². The third-order valence-electron chi connectivity index (χ3n) is 1.03. The zero-order valence-corrected chi connectivity index (χ0v) is 6.33. The number of hydrogen-bond acceptors (Lipinski definition) is 6. The summed E-state index contributed by atoms with van der Waals surface area (Å²) in [6, 6.07) is 1.59. The largest absolute Gasteiger partial charge is 0.742 e. The maximum Gasteiger partial charge on any atom is 0.206 e. The molecular weight excluding hydrogens is 188 g/mol. The lowest BCUT2D eigenvalue weighted by Gasteiger charge is -2.01. The summed E-state index contributed by atoms with van der Waals surface area (Å²) in [5, 5.41) is 9.11. The van der Waals surface area contributed by atoms with Gasteiger partial charge in [-0.25, -0.2) is 8.42 Å². The molecule has 0 bridgehead atoms. The molecule has 0 aliphatic heterocycles. The van der Waals surface area contributed by atoms with Gasteiger partial charge in [0.25, 0.3) is 0 Å². The van der Waals surface area contributed by atoms with Crippen LogP contribution in [0.4, 0.5) is 0 Å². The lowest BCUT2D eigenvalue weighted by atomic mass is 10.5. The highest BCUT2D eigenvalue weighted by Crippen LogP contribution is 2.12. The van der Waals surface area contributed by atoms with Gasteiger partial charge in [-0.3, -0.25) is 0 Å². The lowest BCUT2D eigenvalue weighted by Crippen LogP contribution is -2.21. The van der Waals surface area contributed by atoms with Crippen LogP contribution < -0.4 is 5.11 Å². The molecule has 12 heavy (non-hydrogen) atoms. The van der Waals surface area contributed by atoms with Crippen molar-refractivity contribution in [2.45, 2.75) is 5.09 Å². The van der Waals surface area contributed by atoms with E-state index < -0.39 is 26.9 Å². The van der Waals surface area contributed by atoms with E-state index in [-0.39, 0.29) is 0 Å². The van der Waals surface area contributed by atoms with Crippen molar-refractivity contribution in [2.75, 3.05) is 0 Å². The summed E-state index contributed by atoms with van der Waals surface area (Å²) in [7, 11) is -4.72. The summed E-state index contributed by atoms with van der Waals surface area (Å²) in [5.74, 6) is -2.37. The fourth-order valence-corrected chi connectivity index (χ4v) is 0.991. The van der Waals surface area contributed by atoms with Gasteiger partial charge in [-0.15, -0.1) is 0 Å². The van der Waals surface area contributed by atoms with Gasteiger partial charge in [0.05, 0.1) is 0 Å². The Kier molecular flexibility index (Phi) is 1.90. The second-order valence-electron chi connectivity index (χ2n) is 1.86. The summed E-state index contributed by atoms with van der Waals surface area (Å²) < 4.78 is 34.8. The fraction of sp³-hybridized carbons (Fsp3) is 0. The number of carboxylic acids is 1. The first-order valence-electron chi connectivity index (χ1n) is 2.68. The molecule has 6 nitrogen and oxygen atoms in total. The third-order valence-corrected chi connectivity index (χ3v) is 1.74.